The molecule has 2 atom stereocenters. The third-order valence-corrected chi connectivity index (χ3v) is 8.74. The Hall–Kier alpha value is -4.73. The van der Waals surface area contributed by atoms with Crippen LogP contribution in [0.3, 0.4) is 0 Å². The minimum Gasteiger partial charge on any atom is -0.462 e. The number of amides is 1. The average molecular weight is 615 g/mol. The zero-order valence-corrected chi connectivity index (χ0v) is 25.0. The summed E-state index contributed by atoms with van der Waals surface area (Å²) in [5.74, 6) is 0.0166. The molecule has 0 radical (unpaired) electrons. The highest BCUT2D eigenvalue weighted by molar-refractivity contribution is 6.36. The van der Waals surface area contributed by atoms with Gasteiger partial charge < -0.3 is 24.4 Å². The maximum atomic E-state index is 14.2. The summed E-state index contributed by atoms with van der Waals surface area (Å²) >= 11 is 6.55. The number of likely N-dealkylation sites (tertiary alicyclic amines) is 1. The van der Waals surface area contributed by atoms with E-state index >= 15 is 0 Å². The molecule has 2 saturated heterocycles. The van der Waals surface area contributed by atoms with Crippen LogP contribution < -0.4 is 20.9 Å². The summed E-state index contributed by atoms with van der Waals surface area (Å²) in [5, 5.41) is 11.2. The molecule has 2 aromatic heterocycles. The second-order valence-electron chi connectivity index (χ2n) is 11.0. The lowest BCUT2D eigenvalue weighted by molar-refractivity contribution is -0.128. The van der Waals surface area contributed by atoms with Gasteiger partial charge in [0.25, 0.3) is 5.56 Å². The molecule has 0 saturated carbocycles. The van der Waals surface area contributed by atoms with Crippen LogP contribution in [0.4, 0.5) is 5.82 Å². The number of fused-ring (bicyclic) bond motifs is 2. The molecule has 1 N–H and O–H groups in total. The van der Waals surface area contributed by atoms with Gasteiger partial charge in [-0.1, -0.05) is 42.4 Å². The first kappa shape index (κ1) is 29.3. The predicted octanol–water partition coefficient (Wildman–Crippen LogP) is 2.87. The van der Waals surface area contributed by atoms with E-state index in [4.69, 9.17) is 16.3 Å². The Labute approximate surface area is 257 Å². The normalized spacial score (nSPS) is 18.9. The largest absolute Gasteiger partial charge is 0.462 e. The molecular weight excluding hydrogens is 584 g/mol. The van der Waals surface area contributed by atoms with E-state index in [1.54, 1.807) is 29.2 Å². The van der Waals surface area contributed by atoms with Crippen LogP contribution in [-0.2, 0) is 4.79 Å². The monoisotopic (exact) mass is 614 g/mol. The van der Waals surface area contributed by atoms with E-state index in [2.05, 4.69) is 32.5 Å². The fraction of sp³-hybridized carbons (Fsp3) is 0.355. The topological polar surface area (TPSA) is 140 Å². The van der Waals surface area contributed by atoms with Crippen LogP contribution in [0.25, 0.3) is 27.5 Å². The Balaban J connectivity index is 1.50. The first-order valence-corrected chi connectivity index (χ1v) is 14.8. The van der Waals surface area contributed by atoms with Crippen molar-refractivity contribution in [2.75, 3.05) is 44.7 Å². The van der Waals surface area contributed by atoms with Gasteiger partial charge in [0, 0.05) is 31.1 Å². The van der Waals surface area contributed by atoms with Crippen molar-refractivity contribution in [1.82, 2.24) is 29.3 Å². The zero-order chi connectivity index (χ0) is 31.0. The molecule has 2 aliphatic rings. The number of aromatic amines is 1. The minimum atomic E-state index is -0.685. The van der Waals surface area contributed by atoms with Crippen LogP contribution in [0.5, 0.6) is 6.01 Å². The summed E-state index contributed by atoms with van der Waals surface area (Å²) in [6.45, 7) is 5.75. The SMILES string of the molecule is C=CC(=O)N1CCN(c2nc(OC[C@@H]3CCCN3C)nc3c(=O)n(-c4cccc5cccc(Cl)c45)c(=O)[nH]c23)C[C@@H]1CC#N. The molecule has 4 heterocycles. The first-order valence-electron chi connectivity index (χ1n) is 14.4. The van der Waals surface area contributed by atoms with Gasteiger partial charge in [-0.15, -0.1) is 0 Å². The lowest BCUT2D eigenvalue weighted by Crippen LogP contribution is -2.55. The number of piperazine rings is 1. The minimum absolute atomic E-state index is 0.000816. The Bertz CT molecular complexity index is 1930. The second kappa shape index (κ2) is 12.1. The molecular formula is C31H31ClN8O4. The highest BCUT2D eigenvalue weighted by Crippen LogP contribution is 2.30. The molecule has 44 heavy (non-hydrogen) atoms. The van der Waals surface area contributed by atoms with Crippen molar-refractivity contribution in [3.63, 3.8) is 0 Å². The number of nitrogens with zero attached hydrogens (tertiary/aromatic N) is 7. The number of aromatic nitrogens is 4. The van der Waals surface area contributed by atoms with E-state index in [1.807, 2.05) is 24.1 Å². The maximum absolute atomic E-state index is 14.2. The number of benzene rings is 2. The van der Waals surface area contributed by atoms with Gasteiger partial charge in [0.1, 0.15) is 12.1 Å². The molecule has 1 amide bonds. The highest BCUT2D eigenvalue weighted by Gasteiger charge is 2.32. The number of anilines is 1. The van der Waals surface area contributed by atoms with Crippen LogP contribution in [0, 0.1) is 11.3 Å². The molecule has 6 rings (SSSR count). The van der Waals surface area contributed by atoms with Gasteiger partial charge in [0.05, 0.1) is 29.2 Å². The van der Waals surface area contributed by atoms with Crippen molar-refractivity contribution in [3.8, 4) is 17.8 Å². The molecule has 2 aromatic carbocycles. The molecule has 13 heteroatoms. The number of H-pyrrole nitrogens is 1. The summed E-state index contributed by atoms with van der Waals surface area (Å²) in [4.78, 5) is 58.0. The molecule has 0 unspecified atom stereocenters. The summed E-state index contributed by atoms with van der Waals surface area (Å²) in [6, 6.07) is 12.5. The van der Waals surface area contributed by atoms with E-state index in [1.165, 1.54) is 6.08 Å². The van der Waals surface area contributed by atoms with E-state index in [-0.39, 0.29) is 47.8 Å². The molecule has 0 spiro atoms. The number of nitrogens with one attached hydrogen (secondary N) is 1. The zero-order valence-electron chi connectivity index (χ0n) is 24.2. The average Bonchev–Trinajstić information content (AvgIpc) is 3.44. The van der Waals surface area contributed by atoms with Crippen molar-refractivity contribution in [2.45, 2.75) is 31.3 Å². The molecule has 2 aliphatic heterocycles. The van der Waals surface area contributed by atoms with Crippen LogP contribution in [0.2, 0.25) is 5.02 Å². The van der Waals surface area contributed by atoms with Crippen molar-refractivity contribution in [1.29, 1.82) is 5.26 Å². The van der Waals surface area contributed by atoms with E-state index in [0.717, 1.165) is 29.3 Å². The molecule has 0 aliphatic carbocycles. The second-order valence-corrected chi connectivity index (χ2v) is 11.4. The van der Waals surface area contributed by atoms with Gasteiger partial charge in [-0.2, -0.15) is 15.2 Å². The van der Waals surface area contributed by atoms with Crippen molar-refractivity contribution in [3.05, 3.63) is 74.9 Å². The van der Waals surface area contributed by atoms with Gasteiger partial charge in [0.15, 0.2) is 11.3 Å². The first-order chi connectivity index (χ1) is 21.3. The van der Waals surface area contributed by atoms with Gasteiger partial charge in [-0.3, -0.25) is 9.59 Å². The van der Waals surface area contributed by atoms with Crippen LogP contribution in [0.1, 0.15) is 19.3 Å². The fourth-order valence-electron chi connectivity index (χ4n) is 6.13. The summed E-state index contributed by atoms with van der Waals surface area (Å²) < 4.78 is 7.12. The number of rotatable bonds is 7. The van der Waals surface area contributed by atoms with Crippen LogP contribution >= 0.6 is 11.6 Å². The van der Waals surface area contributed by atoms with Gasteiger partial charge in [-0.25, -0.2) is 9.36 Å². The Morgan fingerprint density at radius 2 is 1.98 bits per heavy atom. The third-order valence-electron chi connectivity index (χ3n) is 8.43. The van der Waals surface area contributed by atoms with Gasteiger partial charge in [-0.05, 0) is 50.0 Å². The Morgan fingerprint density at radius 1 is 1.18 bits per heavy atom. The third kappa shape index (κ3) is 5.29. The molecule has 12 nitrogen and oxygen atoms in total. The smallest absolute Gasteiger partial charge is 0.333 e. The van der Waals surface area contributed by atoms with Crippen molar-refractivity contribution >= 4 is 45.1 Å². The molecule has 4 aromatic rings. The number of carbonyl (C=O) groups is 1. The number of halogens is 1. The van der Waals surface area contributed by atoms with E-state index < -0.39 is 17.3 Å². The Morgan fingerprint density at radius 3 is 2.70 bits per heavy atom. The van der Waals surface area contributed by atoms with Crippen molar-refractivity contribution < 1.29 is 9.53 Å². The summed E-state index contributed by atoms with van der Waals surface area (Å²) in [5.41, 5.74) is -0.907. The summed E-state index contributed by atoms with van der Waals surface area (Å²) in [6.07, 6.45) is 3.34. The number of likely N-dealkylation sites (N-methyl/N-ethyl adjacent to an activating group) is 1. The van der Waals surface area contributed by atoms with Gasteiger partial charge >= 0.3 is 11.7 Å². The fourth-order valence-corrected chi connectivity index (χ4v) is 6.41. The maximum Gasteiger partial charge on any atom is 0.333 e. The summed E-state index contributed by atoms with van der Waals surface area (Å²) in [7, 11) is 2.03. The molecule has 226 valence electrons. The van der Waals surface area contributed by atoms with Gasteiger partial charge in [0.2, 0.25) is 5.91 Å². The van der Waals surface area contributed by atoms with E-state index in [0.29, 0.717) is 35.8 Å². The van der Waals surface area contributed by atoms with Crippen molar-refractivity contribution in [2.24, 2.45) is 0 Å². The number of nitriles is 1. The quantitative estimate of drug-likeness (QED) is 0.311. The Kier molecular flexibility index (Phi) is 8.07. The number of hydrogen-bond donors (Lipinski definition) is 1. The number of carbonyl (C=O) groups excluding carboxylic acids is 1. The standard InChI is InChI=1S/C31H31ClN8O4/c1-3-24(41)39-16-15-38(17-20(39)12-13-33)28-26-27(34-30(36-28)44-18-21-9-6-14-37(21)2)29(42)40(31(43)35-26)23-11-5-8-19-7-4-10-22(32)25(19)23/h3-5,7-8,10-11,20-21H,1,6,9,12,14-18H2,2H3,(H,35,43)/t20-,21-/m0/s1. The van der Waals surface area contributed by atoms with Crippen LogP contribution in [0.15, 0.2) is 58.6 Å². The molecule has 2 fully saturated rings. The lowest BCUT2D eigenvalue weighted by atomic mass is 10.1. The number of ether oxygens (including phenoxy) is 1. The predicted molar refractivity (Wildman–Crippen MR) is 168 cm³/mol. The number of hydrogen-bond acceptors (Lipinski definition) is 9. The van der Waals surface area contributed by atoms with Crippen LogP contribution in [-0.4, -0.2) is 87.1 Å². The lowest BCUT2D eigenvalue weighted by Gasteiger charge is -2.40. The molecule has 0 bridgehead atoms. The highest BCUT2D eigenvalue weighted by atomic mass is 35.5. The van der Waals surface area contributed by atoms with E-state index in [9.17, 15) is 19.6 Å².